The fourth-order valence-electron chi connectivity index (χ4n) is 1.52. The van der Waals surface area contributed by atoms with Crippen molar-refractivity contribution >= 4 is 39.1 Å². The molecule has 2 atom stereocenters. The smallest absolute Gasteiger partial charge is 0.307 e. The van der Waals surface area contributed by atoms with E-state index >= 15 is 0 Å². The molecule has 0 saturated heterocycles. The van der Waals surface area contributed by atoms with Crippen molar-refractivity contribution in [3.8, 4) is 0 Å². The average molecular weight is 334 g/mol. The Kier molecular flexibility index (Phi) is 5.34. The van der Waals surface area contributed by atoms with Gasteiger partial charge in [-0.25, -0.2) is 0 Å². The zero-order valence-corrected chi connectivity index (χ0v) is 12.9. The Hall–Kier alpha value is -0.880. The number of rotatable bonds is 5. The molecule has 1 aromatic rings. The summed E-state index contributed by atoms with van der Waals surface area (Å²) in [6, 6.07) is 1.96. The second kappa shape index (κ2) is 6.33. The van der Waals surface area contributed by atoms with E-state index in [2.05, 4.69) is 15.9 Å². The lowest BCUT2D eigenvalue weighted by Crippen LogP contribution is -2.36. The van der Waals surface area contributed by atoms with Crippen LogP contribution in [0.4, 0.5) is 0 Å². The molecule has 0 aliphatic heterocycles. The van der Waals surface area contributed by atoms with Crippen LogP contribution in [0.3, 0.4) is 0 Å². The molecule has 0 aliphatic carbocycles. The molecule has 4 nitrogen and oxygen atoms in total. The Bertz CT molecular complexity index is 446. The van der Waals surface area contributed by atoms with Crippen LogP contribution < -0.4 is 0 Å². The molecule has 100 valence electrons. The predicted octanol–water partition coefficient (Wildman–Crippen LogP) is 2.83. The van der Waals surface area contributed by atoms with Gasteiger partial charge in [0.25, 0.3) is 0 Å². The van der Waals surface area contributed by atoms with Crippen LogP contribution in [-0.4, -0.2) is 28.9 Å². The van der Waals surface area contributed by atoms with Crippen molar-refractivity contribution in [2.75, 3.05) is 7.05 Å². The molecule has 1 heterocycles. The Labute approximate surface area is 119 Å². The van der Waals surface area contributed by atoms with E-state index in [1.165, 1.54) is 0 Å². The van der Waals surface area contributed by atoms with Crippen molar-refractivity contribution in [3.05, 3.63) is 20.8 Å². The maximum absolute atomic E-state index is 12.1. The third-order valence-corrected chi connectivity index (χ3v) is 4.60. The predicted molar refractivity (Wildman–Crippen MR) is 74.5 cm³/mol. The Morgan fingerprint density at radius 2 is 2.06 bits per heavy atom. The standard InChI is InChI=1S/C12H16BrNO3S/c1-7(8(2)12(16)17)11(15)14(3)5-10-4-9(13)6-18-10/h4,6-8H,5H2,1-3H3,(H,16,17). The number of halogens is 1. The van der Waals surface area contributed by atoms with Crippen molar-refractivity contribution in [2.45, 2.75) is 20.4 Å². The molecule has 0 spiro atoms. The molecule has 1 rings (SSSR count). The van der Waals surface area contributed by atoms with Crippen molar-refractivity contribution in [1.29, 1.82) is 0 Å². The molecule has 0 saturated carbocycles. The lowest BCUT2D eigenvalue weighted by atomic mass is 9.95. The van der Waals surface area contributed by atoms with Gasteiger partial charge in [-0.2, -0.15) is 0 Å². The molecule has 1 amide bonds. The average Bonchev–Trinajstić information content (AvgIpc) is 2.71. The number of aliphatic carboxylic acids is 1. The number of nitrogens with zero attached hydrogens (tertiary/aromatic N) is 1. The molecule has 0 radical (unpaired) electrons. The molecule has 0 aromatic carbocycles. The highest BCUT2D eigenvalue weighted by Crippen LogP contribution is 2.22. The second-order valence-corrected chi connectivity index (χ2v) is 6.25. The highest BCUT2D eigenvalue weighted by atomic mass is 79.9. The van der Waals surface area contributed by atoms with Crippen LogP contribution in [-0.2, 0) is 16.1 Å². The van der Waals surface area contributed by atoms with E-state index in [1.807, 2.05) is 11.4 Å². The summed E-state index contributed by atoms with van der Waals surface area (Å²) in [6.45, 7) is 3.72. The SMILES string of the molecule is CC(C(=O)O)C(C)C(=O)N(C)Cc1cc(Br)cs1. The molecule has 0 bridgehead atoms. The first-order valence-corrected chi connectivity index (χ1v) is 7.21. The molecule has 1 aromatic heterocycles. The highest BCUT2D eigenvalue weighted by molar-refractivity contribution is 9.10. The van der Waals surface area contributed by atoms with Crippen LogP contribution in [0.25, 0.3) is 0 Å². The lowest BCUT2D eigenvalue weighted by Gasteiger charge is -2.23. The van der Waals surface area contributed by atoms with Gasteiger partial charge in [-0.15, -0.1) is 11.3 Å². The quantitative estimate of drug-likeness (QED) is 0.901. The molecular formula is C12H16BrNO3S. The van der Waals surface area contributed by atoms with Crippen molar-refractivity contribution in [2.24, 2.45) is 11.8 Å². The topological polar surface area (TPSA) is 57.6 Å². The third kappa shape index (κ3) is 3.81. The van der Waals surface area contributed by atoms with Crippen LogP contribution in [0.2, 0.25) is 0 Å². The third-order valence-electron chi connectivity index (χ3n) is 2.92. The summed E-state index contributed by atoms with van der Waals surface area (Å²) in [6.07, 6.45) is 0. The van der Waals surface area contributed by atoms with E-state index in [4.69, 9.17) is 5.11 Å². The second-order valence-electron chi connectivity index (χ2n) is 4.34. The Morgan fingerprint density at radius 3 is 2.50 bits per heavy atom. The molecular weight excluding hydrogens is 318 g/mol. The van der Waals surface area contributed by atoms with E-state index in [1.54, 1.807) is 37.1 Å². The first-order chi connectivity index (χ1) is 8.32. The highest BCUT2D eigenvalue weighted by Gasteiger charge is 2.28. The summed E-state index contributed by atoms with van der Waals surface area (Å²) in [7, 11) is 1.70. The van der Waals surface area contributed by atoms with Gasteiger partial charge in [0.15, 0.2) is 0 Å². The summed E-state index contributed by atoms with van der Waals surface area (Å²) in [5.74, 6) is -2.27. The maximum atomic E-state index is 12.1. The van der Waals surface area contributed by atoms with E-state index in [0.29, 0.717) is 6.54 Å². The summed E-state index contributed by atoms with van der Waals surface area (Å²) in [5, 5.41) is 10.9. The molecule has 6 heteroatoms. The normalized spacial score (nSPS) is 14.0. The summed E-state index contributed by atoms with van der Waals surface area (Å²) in [4.78, 5) is 25.5. The minimum absolute atomic E-state index is 0.144. The summed E-state index contributed by atoms with van der Waals surface area (Å²) >= 11 is 4.92. The van der Waals surface area contributed by atoms with Gasteiger partial charge in [0.05, 0.1) is 12.5 Å². The van der Waals surface area contributed by atoms with Gasteiger partial charge in [-0.1, -0.05) is 13.8 Å². The van der Waals surface area contributed by atoms with Crippen molar-refractivity contribution in [1.82, 2.24) is 4.90 Å². The zero-order chi connectivity index (χ0) is 13.9. The van der Waals surface area contributed by atoms with Crippen molar-refractivity contribution < 1.29 is 14.7 Å². The van der Waals surface area contributed by atoms with Gasteiger partial charge in [0, 0.05) is 27.7 Å². The van der Waals surface area contributed by atoms with Crippen LogP contribution >= 0.6 is 27.3 Å². The minimum atomic E-state index is -0.942. The van der Waals surface area contributed by atoms with E-state index < -0.39 is 17.8 Å². The van der Waals surface area contributed by atoms with Gasteiger partial charge in [0.1, 0.15) is 0 Å². The van der Waals surface area contributed by atoms with Gasteiger partial charge in [-0.05, 0) is 22.0 Å². The van der Waals surface area contributed by atoms with Gasteiger partial charge in [-0.3, -0.25) is 9.59 Å². The molecule has 1 N–H and O–H groups in total. The van der Waals surface area contributed by atoms with Crippen LogP contribution in [0, 0.1) is 11.8 Å². The van der Waals surface area contributed by atoms with Gasteiger partial charge in [0.2, 0.25) is 5.91 Å². The number of carboxylic acids is 1. The van der Waals surface area contributed by atoms with E-state index in [-0.39, 0.29) is 5.91 Å². The number of amides is 1. The van der Waals surface area contributed by atoms with E-state index in [0.717, 1.165) is 9.35 Å². The van der Waals surface area contributed by atoms with Gasteiger partial charge >= 0.3 is 5.97 Å². The van der Waals surface area contributed by atoms with Crippen LogP contribution in [0.5, 0.6) is 0 Å². The monoisotopic (exact) mass is 333 g/mol. The zero-order valence-electron chi connectivity index (χ0n) is 10.5. The van der Waals surface area contributed by atoms with Crippen LogP contribution in [0.1, 0.15) is 18.7 Å². The first kappa shape index (κ1) is 15.2. The summed E-state index contributed by atoms with van der Waals surface area (Å²) < 4.78 is 0.996. The van der Waals surface area contributed by atoms with Crippen molar-refractivity contribution in [3.63, 3.8) is 0 Å². The summed E-state index contributed by atoms with van der Waals surface area (Å²) in [5.41, 5.74) is 0. The fraction of sp³-hybridized carbons (Fsp3) is 0.500. The number of carboxylic acid groups (broad SMARTS) is 1. The Balaban J connectivity index is 2.63. The van der Waals surface area contributed by atoms with E-state index in [9.17, 15) is 9.59 Å². The minimum Gasteiger partial charge on any atom is -0.481 e. The Morgan fingerprint density at radius 1 is 1.44 bits per heavy atom. The molecule has 18 heavy (non-hydrogen) atoms. The molecule has 2 unspecified atom stereocenters. The molecule has 0 fully saturated rings. The maximum Gasteiger partial charge on any atom is 0.307 e. The fourth-order valence-corrected chi connectivity index (χ4v) is 3.03. The van der Waals surface area contributed by atoms with Crippen LogP contribution in [0.15, 0.2) is 15.9 Å². The molecule has 0 aliphatic rings. The number of carbonyl (C=O) groups excluding carboxylic acids is 1. The number of thiophene rings is 1. The number of carbonyl (C=O) groups is 2. The number of hydrogen-bond acceptors (Lipinski definition) is 3. The lowest BCUT2D eigenvalue weighted by molar-refractivity contribution is -0.148. The number of hydrogen-bond donors (Lipinski definition) is 1. The largest absolute Gasteiger partial charge is 0.481 e. The first-order valence-electron chi connectivity index (χ1n) is 5.53. The van der Waals surface area contributed by atoms with Gasteiger partial charge < -0.3 is 10.0 Å².